The van der Waals surface area contributed by atoms with Gasteiger partial charge in [0.15, 0.2) is 0 Å². The number of carbonyl (C=O) groups is 1. The zero-order valence-electron chi connectivity index (χ0n) is 16.6. The molecule has 0 aliphatic heterocycles. The van der Waals surface area contributed by atoms with Crippen molar-refractivity contribution in [3.63, 3.8) is 0 Å². The minimum atomic E-state index is -0.388. The molecule has 0 aliphatic rings. The Morgan fingerprint density at radius 3 is 2.70 bits per heavy atom. The number of aromatic nitrogens is 3. The minimum absolute atomic E-state index is 0.259. The Hall–Kier alpha value is -2.83. The molecule has 0 spiro atoms. The normalized spacial score (nSPS) is 12.1. The van der Waals surface area contributed by atoms with Crippen molar-refractivity contribution in [2.24, 2.45) is 0 Å². The van der Waals surface area contributed by atoms with Crippen LogP contribution in [0.3, 0.4) is 0 Å². The van der Waals surface area contributed by atoms with Crippen LogP contribution in [-0.4, -0.2) is 32.4 Å². The van der Waals surface area contributed by atoms with Gasteiger partial charge < -0.3 is 9.30 Å². The van der Waals surface area contributed by atoms with Gasteiger partial charge in [-0.25, -0.2) is 9.97 Å². The molecule has 7 heteroatoms. The van der Waals surface area contributed by atoms with Crippen molar-refractivity contribution in [1.29, 1.82) is 0 Å². The zero-order valence-corrected chi connectivity index (χ0v) is 18.2. The lowest BCUT2D eigenvalue weighted by Crippen LogP contribution is -2.16. The summed E-state index contributed by atoms with van der Waals surface area (Å²) in [4.78, 5) is 21.3. The van der Waals surface area contributed by atoms with Gasteiger partial charge in [-0.15, -0.1) is 0 Å². The Bertz CT molecular complexity index is 1190. The molecule has 0 amide bonds. The van der Waals surface area contributed by atoms with E-state index in [1.807, 2.05) is 72.3 Å². The zero-order chi connectivity index (χ0) is 21.1. The van der Waals surface area contributed by atoms with E-state index in [-0.39, 0.29) is 11.2 Å². The Morgan fingerprint density at radius 1 is 1.17 bits per heavy atom. The maximum Gasteiger partial charge on any atom is 0.319 e. The molecule has 4 aromatic rings. The van der Waals surface area contributed by atoms with Crippen molar-refractivity contribution < 1.29 is 9.53 Å². The number of fused-ring (bicyclic) bond motifs is 1. The van der Waals surface area contributed by atoms with Gasteiger partial charge in [0.05, 0.1) is 12.0 Å². The molecule has 2 aromatic carbocycles. The standard InChI is InChI=1S/C23H20ClN3O2S/c1-3-29-23(28)15(2)30-22-20-19(16-8-5-4-6-9-16)13-27(21(20)25-14-26-22)18-11-7-10-17(24)12-18/h4-15H,3H2,1-2H3. The van der Waals surface area contributed by atoms with Crippen LogP contribution in [0, 0.1) is 0 Å². The number of rotatable bonds is 6. The van der Waals surface area contributed by atoms with Gasteiger partial charge in [0.1, 0.15) is 22.3 Å². The molecule has 4 rings (SSSR count). The summed E-state index contributed by atoms with van der Waals surface area (Å²) in [6.45, 7) is 3.98. The number of ether oxygens (including phenoxy) is 1. The lowest BCUT2D eigenvalue weighted by molar-refractivity contribution is -0.142. The fraction of sp³-hybridized carbons (Fsp3) is 0.174. The van der Waals surface area contributed by atoms with Crippen molar-refractivity contribution in [2.75, 3.05) is 6.61 Å². The number of hydrogen-bond donors (Lipinski definition) is 0. The summed E-state index contributed by atoms with van der Waals surface area (Å²) >= 11 is 7.61. The second kappa shape index (κ2) is 8.90. The monoisotopic (exact) mass is 437 g/mol. The Labute approximate surface area is 184 Å². The number of benzene rings is 2. The second-order valence-electron chi connectivity index (χ2n) is 6.65. The van der Waals surface area contributed by atoms with Crippen LogP contribution in [0.4, 0.5) is 0 Å². The molecule has 0 saturated heterocycles. The maximum atomic E-state index is 12.2. The first kappa shape index (κ1) is 20.4. The summed E-state index contributed by atoms with van der Waals surface area (Å²) in [6.07, 6.45) is 3.57. The van der Waals surface area contributed by atoms with Gasteiger partial charge in [0, 0.05) is 22.5 Å². The van der Waals surface area contributed by atoms with Crippen LogP contribution in [0.5, 0.6) is 0 Å². The van der Waals surface area contributed by atoms with Crippen LogP contribution in [0.15, 0.2) is 72.1 Å². The molecule has 2 heterocycles. The van der Waals surface area contributed by atoms with Crippen LogP contribution < -0.4 is 0 Å². The van der Waals surface area contributed by atoms with Crippen molar-refractivity contribution in [3.8, 4) is 16.8 Å². The van der Waals surface area contributed by atoms with E-state index < -0.39 is 0 Å². The van der Waals surface area contributed by atoms with E-state index in [4.69, 9.17) is 16.3 Å². The summed E-state index contributed by atoms with van der Waals surface area (Å²) in [5.74, 6) is -0.259. The van der Waals surface area contributed by atoms with Crippen LogP contribution in [0.25, 0.3) is 27.8 Å². The highest BCUT2D eigenvalue weighted by atomic mass is 35.5. The molecule has 0 saturated carbocycles. The predicted octanol–water partition coefficient (Wildman–Crippen LogP) is 5.78. The molecule has 0 bridgehead atoms. The van der Waals surface area contributed by atoms with E-state index in [1.165, 1.54) is 18.1 Å². The number of thioether (sulfide) groups is 1. The van der Waals surface area contributed by atoms with Gasteiger partial charge in [0.2, 0.25) is 0 Å². The SMILES string of the molecule is CCOC(=O)C(C)Sc1ncnc2c1c(-c1ccccc1)cn2-c1cccc(Cl)c1. The quantitative estimate of drug-likeness (QED) is 0.217. The molecule has 0 N–H and O–H groups in total. The predicted molar refractivity (Wildman–Crippen MR) is 121 cm³/mol. The molecule has 30 heavy (non-hydrogen) atoms. The molecule has 1 atom stereocenters. The highest BCUT2D eigenvalue weighted by Gasteiger charge is 2.22. The maximum absolute atomic E-state index is 12.2. The minimum Gasteiger partial charge on any atom is -0.465 e. The summed E-state index contributed by atoms with van der Waals surface area (Å²) in [5.41, 5.74) is 3.70. The fourth-order valence-corrected chi connectivity index (χ4v) is 4.37. The summed E-state index contributed by atoms with van der Waals surface area (Å²) < 4.78 is 7.17. The molecule has 0 fully saturated rings. The number of hydrogen-bond acceptors (Lipinski definition) is 5. The fourth-order valence-electron chi connectivity index (χ4n) is 3.26. The Morgan fingerprint density at radius 2 is 1.97 bits per heavy atom. The number of esters is 1. The Balaban J connectivity index is 1.91. The molecular weight excluding hydrogens is 418 g/mol. The van der Waals surface area contributed by atoms with E-state index in [1.54, 1.807) is 6.92 Å². The lowest BCUT2D eigenvalue weighted by Gasteiger charge is -2.11. The molecule has 0 radical (unpaired) electrons. The third-order valence-corrected chi connectivity index (χ3v) is 5.94. The van der Waals surface area contributed by atoms with Crippen LogP contribution in [0.1, 0.15) is 13.8 Å². The summed E-state index contributed by atoms with van der Waals surface area (Å²) in [5, 5.41) is 1.89. The third-order valence-electron chi connectivity index (χ3n) is 4.63. The summed E-state index contributed by atoms with van der Waals surface area (Å²) in [7, 11) is 0. The first-order valence-corrected chi connectivity index (χ1v) is 10.8. The van der Waals surface area contributed by atoms with Crippen molar-refractivity contribution in [2.45, 2.75) is 24.1 Å². The van der Waals surface area contributed by atoms with Gasteiger partial charge in [-0.05, 0) is 37.6 Å². The first-order chi connectivity index (χ1) is 14.6. The number of carbonyl (C=O) groups excluding carboxylic acids is 1. The average Bonchev–Trinajstić information content (AvgIpc) is 3.15. The van der Waals surface area contributed by atoms with E-state index in [9.17, 15) is 4.79 Å². The van der Waals surface area contributed by atoms with Gasteiger partial charge in [-0.2, -0.15) is 0 Å². The largest absolute Gasteiger partial charge is 0.465 e. The molecule has 0 aliphatic carbocycles. The van der Waals surface area contributed by atoms with Crippen LogP contribution >= 0.6 is 23.4 Å². The number of halogens is 1. The average molecular weight is 438 g/mol. The van der Waals surface area contributed by atoms with E-state index >= 15 is 0 Å². The van der Waals surface area contributed by atoms with Gasteiger partial charge in [-0.1, -0.05) is 59.8 Å². The highest BCUT2D eigenvalue weighted by Crippen LogP contribution is 2.38. The molecular formula is C23H20ClN3O2S. The van der Waals surface area contributed by atoms with Crippen LogP contribution in [-0.2, 0) is 9.53 Å². The van der Waals surface area contributed by atoms with Gasteiger partial charge in [-0.3, -0.25) is 4.79 Å². The molecule has 5 nitrogen and oxygen atoms in total. The topological polar surface area (TPSA) is 57.0 Å². The molecule has 2 aromatic heterocycles. The Kier molecular flexibility index (Phi) is 6.06. The van der Waals surface area contributed by atoms with Crippen LogP contribution in [0.2, 0.25) is 5.02 Å². The summed E-state index contributed by atoms with van der Waals surface area (Å²) in [6, 6.07) is 17.7. The number of nitrogens with zero attached hydrogens (tertiary/aromatic N) is 3. The van der Waals surface area contributed by atoms with E-state index in [0.29, 0.717) is 11.6 Å². The van der Waals surface area contributed by atoms with Crippen molar-refractivity contribution in [1.82, 2.24) is 14.5 Å². The lowest BCUT2D eigenvalue weighted by atomic mass is 10.1. The second-order valence-corrected chi connectivity index (χ2v) is 8.41. The molecule has 152 valence electrons. The smallest absolute Gasteiger partial charge is 0.319 e. The highest BCUT2D eigenvalue weighted by molar-refractivity contribution is 8.00. The third kappa shape index (κ3) is 4.06. The van der Waals surface area contributed by atoms with Crippen molar-refractivity contribution in [3.05, 3.63) is 72.1 Å². The van der Waals surface area contributed by atoms with Gasteiger partial charge in [0.25, 0.3) is 0 Å². The first-order valence-electron chi connectivity index (χ1n) is 9.59. The van der Waals surface area contributed by atoms with Gasteiger partial charge >= 0.3 is 5.97 Å². The molecule has 1 unspecified atom stereocenters. The van der Waals surface area contributed by atoms with E-state index in [2.05, 4.69) is 9.97 Å². The van der Waals surface area contributed by atoms with Crippen molar-refractivity contribution >= 4 is 40.4 Å². The van der Waals surface area contributed by atoms with E-state index in [0.717, 1.165) is 32.9 Å².